The summed E-state index contributed by atoms with van der Waals surface area (Å²) in [5.74, 6) is 0.00982. The molecule has 1 heterocycles. The Morgan fingerprint density at radius 3 is 2.18 bits per heavy atom. The van der Waals surface area contributed by atoms with Crippen molar-refractivity contribution < 1.29 is 14.3 Å². The summed E-state index contributed by atoms with van der Waals surface area (Å²) in [6, 6.07) is 22.1. The molecule has 4 nitrogen and oxygen atoms in total. The number of carbonyl (C=O) groups excluding carboxylic acids is 2. The average molecular weight is 369 g/mol. The third kappa shape index (κ3) is 2.89. The molecular weight excluding hydrogens is 350 g/mol. The highest BCUT2D eigenvalue weighted by atomic mass is 16.5. The van der Waals surface area contributed by atoms with Crippen LogP contribution in [0, 0.1) is 6.92 Å². The number of anilines is 1. The lowest BCUT2D eigenvalue weighted by Crippen LogP contribution is -2.42. The minimum atomic E-state index is -0.344. The Labute approximate surface area is 163 Å². The van der Waals surface area contributed by atoms with E-state index in [0.29, 0.717) is 28.1 Å². The van der Waals surface area contributed by atoms with Crippen LogP contribution in [0.4, 0.5) is 5.69 Å². The van der Waals surface area contributed by atoms with Crippen LogP contribution >= 0.6 is 0 Å². The zero-order chi connectivity index (χ0) is 19.7. The molecule has 0 atom stereocenters. The molecule has 3 aromatic carbocycles. The molecule has 0 aliphatic carbocycles. The van der Waals surface area contributed by atoms with Gasteiger partial charge in [0.15, 0.2) is 0 Å². The number of nitrogens with zero attached hydrogens (tertiary/aromatic N) is 1. The smallest absolute Gasteiger partial charge is 0.265 e. The van der Waals surface area contributed by atoms with E-state index in [9.17, 15) is 9.59 Å². The average Bonchev–Trinajstić information content (AvgIpc) is 2.73. The van der Waals surface area contributed by atoms with Gasteiger partial charge in [-0.1, -0.05) is 54.6 Å². The number of hydrogen-bond acceptors (Lipinski definition) is 3. The van der Waals surface area contributed by atoms with Gasteiger partial charge >= 0.3 is 0 Å². The van der Waals surface area contributed by atoms with Crippen molar-refractivity contribution in [3.05, 3.63) is 95.1 Å². The van der Waals surface area contributed by atoms with Gasteiger partial charge in [-0.25, -0.2) is 4.90 Å². The second-order valence-corrected chi connectivity index (χ2v) is 6.58. The van der Waals surface area contributed by atoms with E-state index in [1.807, 2.05) is 67.6 Å². The van der Waals surface area contributed by atoms with Crippen molar-refractivity contribution in [1.82, 2.24) is 0 Å². The van der Waals surface area contributed by atoms with Crippen LogP contribution in [0.3, 0.4) is 0 Å². The molecule has 1 aliphatic heterocycles. The third-order valence-corrected chi connectivity index (χ3v) is 4.88. The maximum absolute atomic E-state index is 13.5. The van der Waals surface area contributed by atoms with Gasteiger partial charge in [-0.3, -0.25) is 9.59 Å². The number of benzene rings is 3. The highest BCUT2D eigenvalue weighted by Gasteiger charge is 2.36. The molecule has 138 valence electrons. The van der Waals surface area contributed by atoms with Crippen molar-refractivity contribution in [2.24, 2.45) is 0 Å². The fourth-order valence-corrected chi connectivity index (χ4v) is 3.47. The third-order valence-electron chi connectivity index (χ3n) is 4.88. The van der Waals surface area contributed by atoms with Gasteiger partial charge in [0.1, 0.15) is 5.75 Å². The van der Waals surface area contributed by atoms with Crippen LogP contribution in [0.1, 0.15) is 27.0 Å². The molecule has 0 unspecified atom stereocenters. The zero-order valence-electron chi connectivity index (χ0n) is 15.7. The molecule has 0 saturated carbocycles. The van der Waals surface area contributed by atoms with Crippen LogP contribution in [0.5, 0.6) is 5.75 Å². The molecule has 3 aromatic rings. The molecule has 1 aliphatic rings. The van der Waals surface area contributed by atoms with Gasteiger partial charge in [0.25, 0.3) is 11.8 Å². The van der Waals surface area contributed by atoms with Crippen molar-refractivity contribution in [2.45, 2.75) is 6.92 Å². The van der Waals surface area contributed by atoms with E-state index in [2.05, 4.69) is 0 Å². The number of amides is 2. The van der Waals surface area contributed by atoms with E-state index in [1.54, 1.807) is 25.3 Å². The molecule has 4 rings (SSSR count). The van der Waals surface area contributed by atoms with Gasteiger partial charge in [-0.2, -0.15) is 0 Å². The van der Waals surface area contributed by atoms with Crippen molar-refractivity contribution in [1.29, 1.82) is 0 Å². The topological polar surface area (TPSA) is 46.6 Å². The molecule has 0 bridgehead atoms. The van der Waals surface area contributed by atoms with Gasteiger partial charge in [0.05, 0.1) is 12.8 Å². The van der Waals surface area contributed by atoms with Gasteiger partial charge in [0.2, 0.25) is 0 Å². The minimum absolute atomic E-state index is 0.313. The highest BCUT2D eigenvalue weighted by Crippen LogP contribution is 2.35. The van der Waals surface area contributed by atoms with E-state index in [-0.39, 0.29) is 11.8 Å². The summed E-state index contributed by atoms with van der Waals surface area (Å²) in [6.45, 7) is 1.89. The summed E-state index contributed by atoms with van der Waals surface area (Å²) in [7, 11) is 1.59. The largest absolute Gasteiger partial charge is 0.496 e. The minimum Gasteiger partial charge on any atom is -0.496 e. The molecule has 0 saturated heterocycles. The van der Waals surface area contributed by atoms with Gasteiger partial charge in [-0.15, -0.1) is 0 Å². The van der Waals surface area contributed by atoms with Crippen molar-refractivity contribution >= 4 is 29.2 Å². The Morgan fingerprint density at radius 2 is 1.43 bits per heavy atom. The Morgan fingerprint density at radius 1 is 0.786 bits per heavy atom. The number of fused-ring (bicyclic) bond motifs is 1. The number of ether oxygens (including phenoxy) is 1. The van der Waals surface area contributed by atoms with Crippen LogP contribution in [0.2, 0.25) is 0 Å². The predicted octanol–water partition coefficient (Wildman–Crippen LogP) is 4.73. The Balaban J connectivity index is 1.94. The van der Waals surface area contributed by atoms with Gasteiger partial charge in [0, 0.05) is 16.7 Å². The molecular formula is C24H19NO3. The van der Waals surface area contributed by atoms with Crippen LogP contribution in [0.15, 0.2) is 72.8 Å². The van der Waals surface area contributed by atoms with E-state index >= 15 is 0 Å². The summed E-state index contributed by atoms with van der Waals surface area (Å²) >= 11 is 0. The zero-order valence-corrected chi connectivity index (χ0v) is 15.7. The van der Waals surface area contributed by atoms with Crippen molar-refractivity contribution in [2.75, 3.05) is 12.0 Å². The summed E-state index contributed by atoms with van der Waals surface area (Å²) in [5.41, 5.74) is 3.84. The SMILES string of the molecule is COc1ccccc1/C=C1/C(=O)N(c2ccccc2C)C(=O)c2ccccc21. The van der Waals surface area contributed by atoms with E-state index in [4.69, 9.17) is 4.74 Å². The fourth-order valence-electron chi connectivity index (χ4n) is 3.47. The second-order valence-electron chi connectivity index (χ2n) is 6.58. The fraction of sp³-hybridized carbons (Fsp3) is 0.0833. The molecule has 28 heavy (non-hydrogen) atoms. The monoisotopic (exact) mass is 369 g/mol. The summed E-state index contributed by atoms with van der Waals surface area (Å²) < 4.78 is 5.43. The molecule has 0 aromatic heterocycles. The standard InChI is InChI=1S/C24H19NO3/c1-16-9-3-7-13-21(16)25-23(26)19-12-6-5-11-18(19)20(24(25)27)15-17-10-4-8-14-22(17)28-2/h3-15H,1-2H3/b20-15+. The molecule has 0 N–H and O–H groups in total. The quantitative estimate of drug-likeness (QED) is 0.495. The first-order valence-electron chi connectivity index (χ1n) is 9.00. The summed E-state index contributed by atoms with van der Waals surface area (Å²) in [6.07, 6.45) is 1.79. The number of methoxy groups -OCH3 is 1. The maximum atomic E-state index is 13.5. The lowest BCUT2D eigenvalue weighted by Gasteiger charge is -2.29. The number of aryl methyl sites for hydroxylation is 1. The van der Waals surface area contributed by atoms with E-state index in [0.717, 1.165) is 11.1 Å². The van der Waals surface area contributed by atoms with Crippen LogP contribution in [-0.4, -0.2) is 18.9 Å². The Bertz CT molecular complexity index is 1110. The van der Waals surface area contributed by atoms with Crippen LogP contribution < -0.4 is 9.64 Å². The molecule has 0 fully saturated rings. The lowest BCUT2D eigenvalue weighted by atomic mass is 9.91. The summed E-state index contributed by atoms with van der Waals surface area (Å²) in [4.78, 5) is 27.9. The molecule has 0 radical (unpaired) electrons. The normalized spacial score (nSPS) is 14.9. The van der Waals surface area contributed by atoms with Gasteiger partial charge in [-0.05, 0) is 42.3 Å². The van der Waals surface area contributed by atoms with Crippen molar-refractivity contribution in [3.8, 4) is 5.75 Å². The molecule has 2 amide bonds. The Hall–Kier alpha value is -3.66. The first-order chi connectivity index (χ1) is 13.6. The second kappa shape index (κ2) is 7.16. The Kier molecular flexibility index (Phi) is 4.53. The lowest BCUT2D eigenvalue weighted by molar-refractivity contribution is -0.112. The van der Waals surface area contributed by atoms with Gasteiger partial charge < -0.3 is 4.74 Å². The predicted molar refractivity (Wildman–Crippen MR) is 110 cm³/mol. The first kappa shape index (κ1) is 17.7. The van der Waals surface area contributed by atoms with E-state index < -0.39 is 0 Å². The number of carbonyl (C=O) groups is 2. The van der Waals surface area contributed by atoms with Crippen molar-refractivity contribution in [3.63, 3.8) is 0 Å². The summed E-state index contributed by atoms with van der Waals surface area (Å²) in [5, 5.41) is 0. The van der Waals surface area contributed by atoms with Crippen LogP contribution in [-0.2, 0) is 4.79 Å². The number of imide groups is 1. The molecule has 4 heteroatoms. The van der Waals surface area contributed by atoms with Crippen LogP contribution in [0.25, 0.3) is 11.6 Å². The molecule has 0 spiro atoms. The number of para-hydroxylation sites is 2. The number of hydrogen-bond donors (Lipinski definition) is 0. The first-order valence-corrected chi connectivity index (χ1v) is 9.00. The highest BCUT2D eigenvalue weighted by molar-refractivity contribution is 6.43. The maximum Gasteiger partial charge on any atom is 0.265 e. The number of rotatable bonds is 3. The van der Waals surface area contributed by atoms with E-state index in [1.165, 1.54) is 4.90 Å².